The van der Waals surface area contributed by atoms with Crippen LogP contribution in [0.3, 0.4) is 0 Å². The zero-order chi connectivity index (χ0) is 15.5. The minimum absolute atomic E-state index is 0.167. The van der Waals surface area contributed by atoms with Gasteiger partial charge >= 0.3 is 0 Å². The van der Waals surface area contributed by atoms with Crippen molar-refractivity contribution in [1.82, 2.24) is 9.97 Å². The molecule has 0 saturated heterocycles. The quantitative estimate of drug-likeness (QED) is 0.720. The molecule has 0 radical (unpaired) electrons. The maximum Gasteiger partial charge on any atom is 0.262 e. The van der Waals surface area contributed by atoms with Crippen molar-refractivity contribution in [2.45, 2.75) is 6.92 Å². The Labute approximate surface area is 136 Å². The van der Waals surface area contributed by atoms with E-state index in [2.05, 4.69) is 9.97 Å². The second-order valence-electron chi connectivity index (χ2n) is 4.42. The molecule has 0 aliphatic carbocycles. The highest BCUT2D eigenvalue weighted by atomic mass is 35.5. The van der Waals surface area contributed by atoms with Gasteiger partial charge in [0.05, 0.1) is 11.8 Å². The smallest absolute Gasteiger partial charge is 0.262 e. The van der Waals surface area contributed by atoms with Crippen LogP contribution in [0.15, 0.2) is 47.5 Å². The molecule has 0 aliphatic rings. The number of pyridine rings is 1. The second kappa shape index (κ2) is 6.29. The van der Waals surface area contributed by atoms with E-state index in [0.717, 1.165) is 10.6 Å². The number of nitrogens with zero attached hydrogens (tertiary/aromatic N) is 3. The molecule has 3 aromatic rings. The molecule has 0 saturated carbocycles. The van der Waals surface area contributed by atoms with Crippen LogP contribution in [0.5, 0.6) is 0 Å². The van der Waals surface area contributed by atoms with E-state index in [1.165, 1.54) is 23.9 Å². The van der Waals surface area contributed by atoms with Gasteiger partial charge in [-0.2, -0.15) is 0 Å². The first-order chi connectivity index (χ1) is 10.7. The van der Waals surface area contributed by atoms with Gasteiger partial charge in [0.2, 0.25) is 0 Å². The molecule has 0 aromatic carbocycles. The zero-order valence-corrected chi connectivity index (χ0v) is 13.3. The van der Waals surface area contributed by atoms with E-state index >= 15 is 0 Å². The van der Waals surface area contributed by atoms with Gasteiger partial charge in [0.15, 0.2) is 5.15 Å². The average molecular weight is 334 g/mol. The van der Waals surface area contributed by atoms with Crippen molar-refractivity contribution < 1.29 is 9.21 Å². The molecular formula is C15H12ClN3O2S. The van der Waals surface area contributed by atoms with E-state index in [0.29, 0.717) is 22.3 Å². The number of aromatic nitrogens is 2. The number of hydrogen-bond acceptors (Lipinski definition) is 5. The van der Waals surface area contributed by atoms with Gasteiger partial charge in [0.25, 0.3) is 5.91 Å². The van der Waals surface area contributed by atoms with E-state index < -0.39 is 0 Å². The SMILES string of the molecule is CCN(C(=O)c1ccoc1)c1sc(-c2cccnc2)nc1Cl. The van der Waals surface area contributed by atoms with Crippen molar-refractivity contribution in [1.29, 1.82) is 0 Å². The Hall–Kier alpha value is -2.18. The van der Waals surface area contributed by atoms with E-state index in [4.69, 9.17) is 16.0 Å². The minimum Gasteiger partial charge on any atom is -0.472 e. The molecule has 3 heterocycles. The van der Waals surface area contributed by atoms with Gasteiger partial charge in [-0.15, -0.1) is 0 Å². The topological polar surface area (TPSA) is 59.2 Å². The Morgan fingerprint density at radius 2 is 2.32 bits per heavy atom. The zero-order valence-electron chi connectivity index (χ0n) is 11.7. The number of thiazole rings is 1. The van der Waals surface area contributed by atoms with Gasteiger partial charge in [-0.05, 0) is 25.1 Å². The monoisotopic (exact) mass is 333 g/mol. The van der Waals surface area contributed by atoms with Crippen LogP contribution in [0.2, 0.25) is 5.15 Å². The summed E-state index contributed by atoms with van der Waals surface area (Å²) in [7, 11) is 0. The van der Waals surface area contributed by atoms with Crippen LogP contribution in [0, 0.1) is 0 Å². The van der Waals surface area contributed by atoms with Gasteiger partial charge in [0, 0.05) is 24.5 Å². The average Bonchev–Trinajstić information content (AvgIpc) is 3.19. The molecule has 22 heavy (non-hydrogen) atoms. The summed E-state index contributed by atoms with van der Waals surface area (Å²) in [4.78, 5) is 22.5. The molecule has 0 aliphatic heterocycles. The highest BCUT2D eigenvalue weighted by molar-refractivity contribution is 7.19. The largest absolute Gasteiger partial charge is 0.472 e. The summed E-state index contributed by atoms with van der Waals surface area (Å²) < 4.78 is 4.97. The Bertz CT molecular complexity index is 771. The Kier molecular flexibility index (Phi) is 4.22. The van der Waals surface area contributed by atoms with Crippen LogP contribution in [-0.2, 0) is 0 Å². The maximum atomic E-state index is 12.5. The highest BCUT2D eigenvalue weighted by Gasteiger charge is 2.23. The molecule has 0 unspecified atom stereocenters. The lowest BCUT2D eigenvalue weighted by Gasteiger charge is -2.17. The summed E-state index contributed by atoms with van der Waals surface area (Å²) in [5.74, 6) is -0.167. The Balaban J connectivity index is 1.97. The number of carbonyl (C=O) groups is 1. The van der Waals surface area contributed by atoms with Crippen molar-refractivity contribution in [3.63, 3.8) is 0 Å². The van der Waals surface area contributed by atoms with Gasteiger partial charge in [-0.3, -0.25) is 14.7 Å². The molecule has 5 nitrogen and oxygen atoms in total. The van der Waals surface area contributed by atoms with Crippen molar-refractivity contribution in [2.75, 3.05) is 11.4 Å². The van der Waals surface area contributed by atoms with Crippen LogP contribution in [0.25, 0.3) is 10.6 Å². The molecule has 0 N–H and O–H groups in total. The van der Waals surface area contributed by atoms with Crippen LogP contribution < -0.4 is 4.90 Å². The highest BCUT2D eigenvalue weighted by Crippen LogP contribution is 2.37. The van der Waals surface area contributed by atoms with Crippen LogP contribution in [-0.4, -0.2) is 22.4 Å². The summed E-state index contributed by atoms with van der Waals surface area (Å²) in [6.07, 6.45) is 6.30. The lowest BCUT2D eigenvalue weighted by molar-refractivity contribution is 0.0988. The summed E-state index contributed by atoms with van der Waals surface area (Å²) >= 11 is 7.60. The van der Waals surface area contributed by atoms with Gasteiger partial charge in [-0.25, -0.2) is 4.98 Å². The number of rotatable bonds is 4. The molecule has 0 fully saturated rings. The fourth-order valence-corrected chi connectivity index (χ4v) is 3.36. The van der Waals surface area contributed by atoms with Gasteiger partial charge < -0.3 is 4.42 Å². The standard InChI is InChI=1S/C15H12ClN3O2S/c1-2-19(14(20)11-5-7-21-9-11)15-12(16)18-13(22-15)10-4-3-6-17-8-10/h3-9H,2H2,1H3. The number of carbonyl (C=O) groups excluding carboxylic acids is 1. The third kappa shape index (κ3) is 2.75. The first-order valence-corrected chi connectivity index (χ1v) is 7.81. The molecule has 0 spiro atoms. The van der Waals surface area contributed by atoms with Crippen LogP contribution >= 0.6 is 22.9 Å². The van der Waals surface area contributed by atoms with Gasteiger partial charge in [-0.1, -0.05) is 22.9 Å². The number of amides is 1. The summed E-state index contributed by atoms with van der Waals surface area (Å²) in [5, 5.41) is 1.66. The molecule has 0 atom stereocenters. The van der Waals surface area contributed by atoms with E-state index in [1.807, 2.05) is 19.1 Å². The van der Waals surface area contributed by atoms with E-state index in [-0.39, 0.29) is 5.91 Å². The summed E-state index contributed by atoms with van der Waals surface area (Å²) in [6.45, 7) is 2.37. The molecular weight excluding hydrogens is 322 g/mol. The molecule has 112 valence electrons. The lowest BCUT2D eigenvalue weighted by atomic mass is 10.3. The van der Waals surface area contributed by atoms with Crippen LogP contribution in [0.4, 0.5) is 5.00 Å². The minimum atomic E-state index is -0.167. The summed E-state index contributed by atoms with van der Waals surface area (Å²) in [6, 6.07) is 5.36. The van der Waals surface area contributed by atoms with E-state index in [1.54, 1.807) is 23.4 Å². The first kappa shape index (κ1) is 14.7. The van der Waals surface area contributed by atoms with Gasteiger partial charge in [0.1, 0.15) is 16.3 Å². The third-order valence-corrected chi connectivity index (χ3v) is 4.56. The Morgan fingerprint density at radius 3 is 2.95 bits per heavy atom. The first-order valence-electron chi connectivity index (χ1n) is 6.61. The second-order valence-corrected chi connectivity index (χ2v) is 5.75. The van der Waals surface area contributed by atoms with Crippen molar-refractivity contribution >= 4 is 33.8 Å². The number of furan rings is 1. The fourth-order valence-electron chi connectivity index (χ4n) is 1.99. The number of anilines is 1. The number of hydrogen-bond donors (Lipinski definition) is 0. The van der Waals surface area contributed by atoms with E-state index in [9.17, 15) is 4.79 Å². The maximum absolute atomic E-state index is 12.5. The summed E-state index contributed by atoms with van der Waals surface area (Å²) in [5.41, 5.74) is 1.35. The predicted octanol–water partition coefficient (Wildman–Crippen LogP) is 4.12. The van der Waals surface area contributed by atoms with Crippen LogP contribution in [0.1, 0.15) is 17.3 Å². The molecule has 7 heteroatoms. The Morgan fingerprint density at radius 1 is 1.45 bits per heavy atom. The van der Waals surface area contributed by atoms with Crippen molar-refractivity contribution in [2.24, 2.45) is 0 Å². The lowest BCUT2D eigenvalue weighted by Crippen LogP contribution is -2.29. The van der Waals surface area contributed by atoms with Crippen molar-refractivity contribution in [3.05, 3.63) is 53.8 Å². The fraction of sp³-hybridized carbons (Fsp3) is 0.133. The molecule has 3 rings (SSSR count). The third-order valence-electron chi connectivity index (χ3n) is 3.05. The molecule has 0 bridgehead atoms. The normalized spacial score (nSPS) is 10.6. The molecule has 1 amide bonds. The van der Waals surface area contributed by atoms with Crippen molar-refractivity contribution in [3.8, 4) is 10.6 Å². The predicted molar refractivity (Wildman–Crippen MR) is 86.4 cm³/mol. The molecule has 3 aromatic heterocycles. The number of halogens is 1.